The lowest BCUT2D eigenvalue weighted by molar-refractivity contribution is -0.135. The number of unbranched alkanes of at least 4 members (excludes halogenated alkanes) is 1. The molecule has 5 aromatic rings. The molecular formula is C43H51N7O5S2. The van der Waals surface area contributed by atoms with E-state index in [2.05, 4.69) is 26.6 Å². The van der Waals surface area contributed by atoms with Gasteiger partial charge in [0.2, 0.25) is 29.5 Å². The highest BCUT2D eigenvalue weighted by Gasteiger charge is 2.33. The molecule has 12 nitrogen and oxygen atoms in total. The monoisotopic (exact) mass is 809 g/mol. The molecule has 300 valence electrons. The summed E-state index contributed by atoms with van der Waals surface area (Å²) < 4.78 is 2.10. The van der Waals surface area contributed by atoms with E-state index in [9.17, 15) is 24.0 Å². The number of nitrogens with two attached hydrogens (primary N) is 2. The minimum Gasteiger partial charge on any atom is -0.368 e. The molecule has 0 radical (unpaired) electrons. The Labute approximate surface area is 340 Å². The Morgan fingerprint density at radius 3 is 1.65 bits per heavy atom. The third kappa shape index (κ3) is 11.7. The molecular weight excluding hydrogens is 759 g/mol. The first kappa shape index (κ1) is 41.5. The van der Waals surface area contributed by atoms with Crippen LogP contribution in [0.15, 0.2) is 91.0 Å². The van der Waals surface area contributed by atoms with Gasteiger partial charge in [0.15, 0.2) is 0 Å². The number of hydrogen-bond donors (Lipinski definition) is 7. The number of nitrogens with one attached hydrogen (secondary N) is 5. The lowest BCUT2D eigenvalue weighted by Crippen LogP contribution is -2.59. The van der Waals surface area contributed by atoms with Crippen molar-refractivity contribution in [2.24, 2.45) is 17.4 Å². The second-order valence-electron chi connectivity index (χ2n) is 14.6. The van der Waals surface area contributed by atoms with Crippen molar-refractivity contribution in [3.63, 3.8) is 0 Å². The first-order chi connectivity index (χ1) is 27.7. The fraction of sp³-hybridized carbons (Fsp3) is 0.372. The van der Waals surface area contributed by atoms with Crippen LogP contribution in [0.1, 0.15) is 47.4 Å². The normalized spacial score (nSPS) is 15.3. The number of primary amides is 1. The Morgan fingerprint density at radius 2 is 1.12 bits per heavy atom. The highest BCUT2D eigenvalue weighted by atomic mass is 32.1. The van der Waals surface area contributed by atoms with Crippen molar-refractivity contribution in [3.8, 4) is 0 Å². The molecule has 6 rings (SSSR count). The van der Waals surface area contributed by atoms with Gasteiger partial charge in [-0.2, -0.15) is 0 Å². The van der Waals surface area contributed by atoms with Crippen LogP contribution in [-0.2, 0) is 43.2 Å². The van der Waals surface area contributed by atoms with Crippen molar-refractivity contribution in [2.75, 3.05) is 19.6 Å². The predicted octanol–water partition coefficient (Wildman–Crippen LogP) is 3.70. The van der Waals surface area contributed by atoms with Gasteiger partial charge in [-0.1, -0.05) is 66.7 Å². The van der Waals surface area contributed by atoms with Crippen LogP contribution in [0.2, 0.25) is 0 Å². The molecule has 1 saturated heterocycles. The molecule has 0 bridgehead atoms. The second-order valence-corrected chi connectivity index (χ2v) is 16.9. The summed E-state index contributed by atoms with van der Waals surface area (Å²) in [6.07, 6.45) is 3.36. The van der Waals surface area contributed by atoms with Crippen molar-refractivity contribution < 1.29 is 24.0 Å². The summed E-state index contributed by atoms with van der Waals surface area (Å²) >= 11 is 3.08. The van der Waals surface area contributed by atoms with Crippen LogP contribution in [0.3, 0.4) is 0 Å². The molecule has 9 N–H and O–H groups in total. The smallest absolute Gasteiger partial charge is 0.243 e. The van der Waals surface area contributed by atoms with E-state index in [0.29, 0.717) is 51.7 Å². The molecule has 4 atom stereocenters. The van der Waals surface area contributed by atoms with Crippen molar-refractivity contribution >= 4 is 72.4 Å². The molecule has 3 aromatic carbocycles. The number of fused-ring (bicyclic) bond motifs is 2. The Kier molecular flexibility index (Phi) is 14.8. The molecule has 57 heavy (non-hydrogen) atoms. The first-order valence-corrected chi connectivity index (χ1v) is 21.2. The zero-order valence-electron chi connectivity index (χ0n) is 31.8. The van der Waals surface area contributed by atoms with Crippen LogP contribution in [0.5, 0.6) is 0 Å². The molecule has 0 unspecified atom stereocenters. The molecule has 14 heteroatoms. The van der Waals surface area contributed by atoms with Gasteiger partial charge >= 0.3 is 0 Å². The van der Waals surface area contributed by atoms with Gasteiger partial charge < -0.3 is 38.1 Å². The summed E-state index contributed by atoms with van der Waals surface area (Å²) in [6, 6.07) is 24.9. The number of hydrogen-bond acceptors (Lipinski definition) is 9. The molecule has 0 aliphatic carbocycles. The molecule has 0 spiro atoms. The van der Waals surface area contributed by atoms with Crippen LogP contribution in [0.4, 0.5) is 0 Å². The lowest BCUT2D eigenvalue weighted by atomic mass is 9.96. The number of amides is 5. The van der Waals surface area contributed by atoms with Crippen molar-refractivity contribution in [2.45, 2.75) is 75.5 Å². The summed E-state index contributed by atoms with van der Waals surface area (Å²) in [6.45, 7) is 1.87. The van der Waals surface area contributed by atoms with Gasteiger partial charge in [-0.25, -0.2) is 0 Å². The first-order valence-electron chi connectivity index (χ1n) is 19.6. The number of rotatable bonds is 19. The maximum atomic E-state index is 14.5. The summed E-state index contributed by atoms with van der Waals surface area (Å²) in [5, 5.41) is 17.0. The van der Waals surface area contributed by atoms with Crippen LogP contribution in [0, 0.1) is 5.92 Å². The molecule has 1 aliphatic rings. The second kappa shape index (κ2) is 20.3. The van der Waals surface area contributed by atoms with Gasteiger partial charge in [-0.15, -0.1) is 22.7 Å². The summed E-state index contributed by atoms with van der Waals surface area (Å²) in [7, 11) is 0. The number of piperidine rings is 1. The van der Waals surface area contributed by atoms with E-state index in [1.165, 1.54) is 11.3 Å². The SMILES string of the molecule is NCCCC[C@H](NC(=O)[C@H](Cc1ccccc1)NC(=O)[C@@H](Cc1cc2ccccc2s1)NC(=O)[C@@H](Cc1cc2ccccc2s1)NC(=O)C1CCNCC1)C(N)=O. The maximum absolute atomic E-state index is 14.5. The van der Waals surface area contributed by atoms with E-state index in [-0.39, 0.29) is 31.1 Å². The minimum atomic E-state index is -1.12. The lowest BCUT2D eigenvalue weighted by Gasteiger charge is -2.27. The minimum absolute atomic E-state index is 0.122. The topological polar surface area (TPSA) is 198 Å². The third-order valence-corrected chi connectivity index (χ3v) is 12.5. The van der Waals surface area contributed by atoms with Crippen molar-refractivity contribution in [1.29, 1.82) is 0 Å². The average Bonchev–Trinajstić information content (AvgIpc) is 3.83. The quantitative estimate of drug-likeness (QED) is 0.0618. The number of benzene rings is 3. The van der Waals surface area contributed by atoms with Gasteiger partial charge in [0.1, 0.15) is 24.2 Å². The Bertz CT molecular complexity index is 2080. The van der Waals surface area contributed by atoms with Gasteiger partial charge in [0.05, 0.1) is 0 Å². The highest BCUT2D eigenvalue weighted by Crippen LogP contribution is 2.28. The Hall–Kier alpha value is -5.15. The molecule has 1 aliphatic heterocycles. The Morgan fingerprint density at radius 1 is 0.632 bits per heavy atom. The van der Waals surface area contributed by atoms with Crippen LogP contribution >= 0.6 is 22.7 Å². The zero-order valence-corrected chi connectivity index (χ0v) is 33.5. The number of carbonyl (C=O) groups excluding carboxylic acids is 5. The van der Waals surface area contributed by atoms with E-state index in [1.807, 2.05) is 91.0 Å². The van der Waals surface area contributed by atoms with E-state index < -0.39 is 47.8 Å². The standard InChI is InChI=1S/C43H51N7O5S2/c44-19-9-8-14-33(39(45)51)47-41(53)34(22-27-10-2-1-3-11-27)49-43(55)36(26-32-24-30-13-5-7-16-38(30)57-32)50-42(54)35(48-40(52)28-17-20-46-21-18-28)25-31-23-29-12-4-6-15-37(29)56-31/h1-7,10-13,15-16,23-24,28,33-36,46H,8-9,14,17-22,25-26,44H2,(H2,45,51)(H,47,53)(H,48,52)(H,49,55)(H,50,54)/t33-,34-,35+,36+/m0/s1. The van der Waals surface area contributed by atoms with E-state index in [1.54, 1.807) is 11.3 Å². The van der Waals surface area contributed by atoms with Crippen LogP contribution in [0.25, 0.3) is 20.2 Å². The molecule has 2 aromatic heterocycles. The summed E-state index contributed by atoms with van der Waals surface area (Å²) in [5.41, 5.74) is 12.1. The largest absolute Gasteiger partial charge is 0.368 e. The van der Waals surface area contributed by atoms with Crippen molar-refractivity contribution in [1.82, 2.24) is 26.6 Å². The third-order valence-electron chi connectivity index (χ3n) is 10.3. The van der Waals surface area contributed by atoms with Crippen molar-refractivity contribution in [3.05, 3.63) is 106 Å². The molecule has 0 saturated carbocycles. The van der Waals surface area contributed by atoms with E-state index >= 15 is 0 Å². The molecule has 5 amide bonds. The van der Waals surface area contributed by atoms with Gasteiger partial charge in [-0.05, 0) is 92.3 Å². The maximum Gasteiger partial charge on any atom is 0.243 e. The van der Waals surface area contributed by atoms with Crippen LogP contribution in [-0.4, -0.2) is 73.3 Å². The fourth-order valence-corrected chi connectivity index (χ4v) is 9.34. The fourth-order valence-electron chi connectivity index (χ4n) is 7.12. The van der Waals surface area contributed by atoms with Gasteiger partial charge in [-0.3, -0.25) is 24.0 Å². The zero-order chi connectivity index (χ0) is 40.1. The number of carbonyl (C=O) groups is 5. The summed E-state index contributed by atoms with van der Waals surface area (Å²) in [4.78, 5) is 70.7. The van der Waals surface area contributed by atoms with E-state index in [0.717, 1.165) is 35.5 Å². The van der Waals surface area contributed by atoms with Gasteiger partial charge in [0, 0.05) is 44.3 Å². The average molecular weight is 810 g/mol. The van der Waals surface area contributed by atoms with E-state index in [4.69, 9.17) is 11.5 Å². The molecule has 3 heterocycles. The highest BCUT2D eigenvalue weighted by molar-refractivity contribution is 7.19. The van der Waals surface area contributed by atoms with Gasteiger partial charge in [0.25, 0.3) is 0 Å². The summed E-state index contributed by atoms with van der Waals surface area (Å²) in [5.74, 6) is -2.78. The number of thiophene rings is 2. The van der Waals surface area contributed by atoms with Crippen LogP contribution < -0.4 is 38.1 Å². The molecule has 1 fully saturated rings. The Balaban J connectivity index is 1.28. The predicted molar refractivity (Wildman–Crippen MR) is 227 cm³/mol.